The molecule has 10 heteroatoms. The van der Waals surface area contributed by atoms with E-state index in [1.807, 2.05) is 0 Å². The monoisotopic (exact) mass is 420 g/mol. The van der Waals surface area contributed by atoms with Crippen LogP contribution in [-0.4, -0.2) is 42.1 Å². The standard InChI is InChI=1S/C19H21FN4O4S/c20-12-5-3-4-11(8-12)15-9-14(16(29-15)23-18(21)26)17(25)28-13-6-1-2-7-24(10-13)19(22)27/h3-5,8-9,13H,1-2,6-7,10H2,(H2,22,27)(H3,21,23,26). The number of halogens is 1. The van der Waals surface area contributed by atoms with Crippen LogP contribution in [0.2, 0.25) is 0 Å². The van der Waals surface area contributed by atoms with Crippen molar-refractivity contribution in [2.24, 2.45) is 11.5 Å². The predicted octanol–water partition coefficient (Wildman–Crippen LogP) is 3.13. The molecule has 29 heavy (non-hydrogen) atoms. The molecule has 1 aromatic heterocycles. The molecule has 1 atom stereocenters. The van der Waals surface area contributed by atoms with Gasteiger partial charge in [-0.15, -0.1) is 11.3 Å². The number of urea groups is 2. The van der Waals surface area contributed by atoms with Gasteiger partial charge >= 0.3 is 18.0 Å². The van der Waals surface area contributed by atoms with Crippen molar-refractivity contribution in [3.63, 3.8) is 0 Å². The second kappa shape index (κ2) is 8.91. The molecule has 0 bridgehead atoms. The molecule has 154 valence electrons. The average molecular weight is 420 g/mol. The average Bonchev–Trinajstić information content (AvgIpc) is 2.92. The first-order valence-electron chi connectivity index (χ1n) is 9.05. The second-order valence-electron chi connectivity index (χ2n) is 6.66. The fourth-order valence-electron chi connectivity index (χ4n) is 3.15. The third kappa shape index (κ3) is 5.23. The normalized spacial score (nSPS) is 16.7. The van der Waals surface area contributed by atoms with Gasteiger partial charge in [-0.05, 0) is 43.0 Å². The van der Waals surface area contributed by atoms with Crippen LogP contribution in [0, 0.1) is 5.82 Å². The van der Waals surface area contributed by atoms with Crippen LogP contribution in [0.15, 0.2) is 30.3 Å². The summed E-state index contributed by atoms with van der Waals surface area (Å²) < 4.78 is 19.1. The predicted molar refractivity (Wildman–Crippen MR) is 107 cm³/mol. The van der Waals surface area contributed by atoms with Gasteiger partial charge in [-0.1, -0.05) is 12.1 Å². The van der Waals surface area contributed by atoms with Gasteiger partial charge in [0.1, 0.15) is 16.9 Å². The highest BCUT2D eigenvalue weighted by Crippen LogP contribution is 2.36. The van der Waals surface area contributed by atoms with Crippen molar-refractivity contribution in [1.29, 1.82) is 0 Å². The molecule has 0 radical (unpaired) electrons. The lowest BCUT2D eigenvalue weighted by molar-refractivity contribution is 0.0242. The van der Waals surface area contributed by atoms with Gasteiger partial charge in [-0.25, -0.2) is 18.8 Å². The second-order valence-corrected chi connectivity index (χ2v) is 7.71. The quantitative estimate of drug-likeness (QED) is 0.657. The van der Waals surface area contributed by atoms with Gasteiger partial charge in [-0.3, -0.25) is 5.32 Å². The van der Waals surface area contributed by atoms with E-state index in [1.165, 1.54) is 23.1 Å². The van der Waals surface area contributed by atoms with Crippen LogP contribution in [0.1, 0.15) is 29.6 Å². The van der Waals surface area contributed by atoms with Gasteiger partial charge in [0.05, 0.1) is 12.1 Å². The highest BCUT2D eigenvalue weighted by molar-refractivity contribution is 7.20. The third-order valence-electron chi connectivity index (χ3n) is 4.51. The van der Waals surface area contributed by atoms with Crippen molar-refractivity contribution >= 4 is 34.4 Å². The Labute approximate surface area is 170 Å². The molecule has 4 amide bonds. The summed E-state index contributed by atoms with van der Waals surface area (Å²) in [6.45, 7) is 0.723. The summed E-state index contributed by atoms with van der Waals surface area (Å²) >= 11 is 1.09. The molecule has 1 aromatic carbocycles. The molecule has 1 aliphatic rings. The first kappa shape index (κ1) is 20.6. The Bertz CT molecular complexity index is 933. The molecule has 2 aromatic rings. The third-order valence-corrected chi connectivity index (χ3v) is 5.61. The number of nitrogens with one attached hydrogen (secondary N) is 1. The van der Waals surface area contributed by atoms with Crippen LogP contribution in [0.5, 0.6) is 0 Å². The Hall–Kier alpha value is -3.14. The molecule has 1 aliphatic heterocycles. The fraction of sp³-hybridized carbons (Fsp3) is 0.316. The van der Waals surface area contributed by atoms with Crippen molar-refractivity contribution in [1.82, 2.24) is 4.90 Å². The molecule has 8 nitrogen and oxygen atoms in total. The van der Waals surface area contributed by atoms with Gasteiger partial charge in [0.25, 0.3) is 0 Å². The summed E-state index contributed by atoms with van der Waals surface area (Å²) in [6, 6.07) is 6.00. The Kier molecular flexibility index (Phi) is 6.32. The number of thiophene rings is 1. The number of hydrogen-bond donors (Lipinski definition) is 3. The molecule has 1 unspecified atom stereocenters. The maximum atomic E-state index is 13.6. The largest absolute Gasteiger partial charge is 0.457 e. The fourth-order valence-corrected chi connectivity index (χ4v) is 4.19. The molecular weight excluding hydrogens is 399 g/mol. The summed E-state index contributed by atoms with van der Waals surface area (Å²) in [5.41, 5.74) is 11.2. The zero-order valence-corrected chi connectivity index (χ0v) is 16.3. The van der Waals surface area contributed by atoms with E-state index in [0.29, 0.717) is 23.4 Å². The zero-order valence-electron chi connectivity index (χ0n) is 15.5. The summed E-state index contributed by atoms with van der Waals surface area (Å²) in [5.74, 6) is -1.08. The van der Waals surface area contributed by atoms with Crippen LogP contribution in [0.4, 0.5) is 19.0 Å². The van der Waals surface area contributed by atoms with Crippen molar-refractivity contribution < 1.29 is 23.5 Å². The minimum Gasteiger partial charge on any atom is -0.457 e. The van der Waals surface area contributed by atoms with Gasteiger partial charge < -0.3 is 21.1 Å². The van der Waals surface area contributed by atoms with Crippen LogP contribution < -0.4 is 16.8 Å². The van der Waals surface area contributed by atoms with Crippen molar-refractivity contribution in [3.8, 4) is 10.4 Å². The number of ether oxygens (including phenoxy) is 1. The lowest BCUT2D eigenvalue weighted by atomic mass is 10.1. The van der Waals surface area contributed by atoms with Crippen molar-refractivity contribution in [3.05, 3.63) is 41.7 Å². The molecule has 0 aliphatic carbocycles. The maximum absolute atomic E-state index is 13.6. The highest BCUT2D eigenvalue weighted by atomic mass is 32.1. The lowest BCUT2D eigenvalue weighted by Gasteiger charge is -2.22. The number of primary amides is 2. The van der Waals surface area contributed by atoms with Gasteiger partial charge in [-0.2, -0.15) is 0 Å². The SMILES string of the molecule is NC(=O)Nc1sc(-c2cccc(F)c2)cc1C(=O)OC1CCCCN(C(N)=O)C1. The van der Waals surface area contributed by atoms with E-state index >= 15 is 0 Å². The first-order valence-corrected chi connectivity index (χ1v) is 9.86. The number of carbonyl (C=O) groups excluding carboxylic acids is 3. The number of hydrogen-bond acceptors (Lipinski definition) is 5. The van der Waals surface area contributed by atoms with Crippen LogP contribution in [0.25, 0.3) is 10.4 Å². The Morgan fingerprint density at radius 2 is 2.00 bits per heavy atom. The molecule has 0 spiro atoms. The van der Waals surface area contributed by atoms with E-state index in [0.717, 1.165) is 24.2 Å². The number of benzene rings is 1. The zero-order chi connectivity index (χ0) is 21.0. The summed E-state index contributed by atoms with van der Waals surface area (Å²) in [4.78, 5) is 37.6. The summed E-state index contributed by atoms with van der Waals surface area (Å²) in [7, 11) is 0. The van der Waals surface area contributed by atoms with E-state index in [9.17, 15) is 18.8 Å². The van der Waals surface area contributed by atoms with E-state index in [4.69, 9.17) is 16.2 Å². The van der Waals surface area contributed by atoms with E-state index < -0.39 is 30.0 Å². The number of esters is 1. The molecule has 1 saturated heterocycles. The molecule has 1 fully saturated rings. The first-order chi connectivity index (χ1) is 13.8. The van der Waals surface area contributed by atoms with Gasteiger partial charge in [0, 0.05) is 11.4 Å². The summed E-state index contributed by atoms with van der Waals surface area (Å²) in [5, 5.41) is 2.62. The van der Waals surface area contributed by atoms with Crippen LogP contribution >= 0.6 is 11.3 Å². The van der Waals surface area contributed by atoms with E-state index in [2.05, 4.69) is 5.32 Å². The number of amides is 4. The topological polar surface area (TPSA) is 128 Å². The van der Waals surface area contributed by atoms with Gasteiger partial charge in [0.2, 0.25) is 0 Å². The molecule has 0 saturated carbocycles. The number of rotatable bonds is 4. The minimum atomic E-state index is -0.832. The Morgan fingerprint density at radius 3 is 2.69 bits per heavy atom. The number of carbonyl (C=O) groups is 3. The van der Waals surface area contributed by atoms with Crippen LogP contribution in [0.3, 0.4) is 0 Å². The van der Waals surface area contributed by atoms with E-state index in [-0.39, 0.29) is 17.1 Å². The number of nitrogens with two attached hydrogens (primary N) is 2. The molecule has 3 rings (SSSR count). The summed E-state index contributed by atoms with van der Waals surface area (Å²) in [6.07, 6.45) is 1.63. The Morgan fingerprint density at radius 1 is 1.21 bits per heavy atom. The molecule has 2 heterocycles. The highest BCUT2D eigenvalue weighted by Gasteiger charge is 2.26. The molecular formula is C19H21FN4O4S. The smallest absolute Gasteiger partial charge is 0.341 e. The number of anilines is 1. The minimum absolute atomic E-state index is 0.114. The lowest BCUT2D eigenvalue weighted by Crippen LogP contribution is -2.41. The van der Waals surface area contributed by atoms with Crippen LogP contribution in [-0.2, 0) is 4.74 Å². The maximum Gasteiger partial charge on any atom is 0.341 e. The van der Waals surface area contributed by atoms with Crippen molar-refractivity contribution in [2.75, 3.05) is 18.4 Å². The van der Waals surface area contributed by atoms with Crippen molar-refractivity contribution in [2.45, 2.75) is 25.4 Å². The number of nitrogens with zero attached hydrogens (tertiary/aromatic N) is 1. The van der Waals surface area contributed by atoms with Gasteiger partial charge in [0.15, 0.2) is 0 Å². The molecule has 5 N–H and O–H groups in total. The van der Waals surface area contributed by atoms with E-state index in [1.54, 1.807) is 12.1 Å². The Balaban J connectivity index is 1.84. The number of likely N-dealkylation sites (tertiary alicyclic amines) is 1.